The predicted octanol–water partition coefficient (Wildman–Crippen LogP) is 5.59. The van der Waals surface area contributed by atoms with E-state index >= 15 is 0 Å². The molecular weight excluding hydrogens is 435 g/mol. The molecule has 0 saturated heterocycles. The molecule has 0 radical (unpaired) electrons. The summed E-state index contributed by atoms with van der Waals surface area (Å²) < 4.78 is 39.1. The smallest absolute Gasteiger partial charge is 0.462 e. The topological polar surface area (TPSA) is 97.4 Å². The summed E-state index contributed by atoms with van der Waals surface area (Å²) in [6, 6.07) is 9.16. The summed E-state index contributed by atoms with van der Waals surface area (Å²) in [6.45, 7) is 3.64. The van der Waals surface area contributed by atoms with Crippen molar-refractivity contribution in [3.8, 4) is 0 Å². The van der Waals surface area contributed by atoms with E-state index in [-0.39, 0.29) is 32.2 Å². The number of esters is 2. The zero-order valence-corrected chi connectivity index (χ0v) is 20.3. The summed E-state index contributed by atoms with van der Waals surface area (Å²) in [5.41, 5.74) is 0.799. The van der Waals surface area contributed by atoms with E-state index in [1.807, 2.05) is 44.2 Å². The number of hydrogen-bond acceptors (Lipinski definition) is 8. The van der Waals surface area contributed by atoms with Crippen LogP contribution in [-0.2, 0) is 43.8 Å². The maximum absolute atomic E-state index is 12.8. The highest BCUT2D eigenvalue weighted by atomic mass is 31.2. The molecule has 0 bridgehead atoms. The molecule has 0 amide bonds. The Hall–Kier alpha value is -1.73. The van der Waals surface area contributed by atoms with Crippen LogP contribution in [0.15, 0.2) is 30.3 Å². The minimum absolute atomic E-state index is 0.0276. The fourth-order valence-electron chi connectivity index (χ4n) is 2.70. The van der Waals surface area contributed by atoms with E-state index in [4.69, 9.17) is 23.0 Å². The molecule has 0 saturated carbocycles. The Morgan fingerprint density at radius 1 is 0.875 bits per heavy atom. The van der Waals surface area contributed by atoms with Crippen molar-refractivity contribution in [2.45, 2.75) is 77.9 Å². The minimum atomic E-state index is -3.89. The van der Waals surface area contributed by atoms with Crippen molar-refractivity contribution in [1.82, 2.24) is 0 Å². The van der Waals surface area contributed by atoms with Crippen molar-refractivity contribution < 1.29 is 37.2 Å². The number of phosphoric ester groups is 1. The summed E-state index contributed by atoms with van der Waals surface area (Å²) >= 11 is 0. The second-order valence-electron chi connectivity index (χ2n) is 7.39. The van der Waals surface area contributed by atoms with E-state index in [9.17, 15) is 14.2 Å². The summed E-state index contributed by atoms with van der Waals surface area (Å²) in [4.78, 5) is 24.1. The van der Waals surface area contributed by atoms with Crippen LogP contribution >= 0.6 is 7.82 Å². The molecule has 1 aromatic rings. The molecule has 182 valence electrons. The number of ether oxygens (including phenoxy) is 2. The SMILES string of the molecule is CCCCCC(=O)OCC(COP(=O)(OC)OCc1ccccc1)OC(=O)CCCCC. The van der Waals surface area contributed by atoms with Gasteiger partial charge < -0.3 is 9.47 Å². The van der Waals surface area contributed by atoms with E-state index in [0.29, 0.717) is 12.8 Å². The number of phosphoric acid groups is 1. The standard InChI is InChI=1S/C23H37O8P/c1-4-6-9-15-22(24)28-18-21(31-23(25)16-10-7-5-2)19-30-32(26,27-3)29-17-20-13-11-8-12-14-20/h8,11-14,21H,4-7,9-10,15-19H2,1-3H3. The molecule has 0 spiro atoms. The molecule has 1 aromatic carbocycles. The first-order chi connectivity index (χ1) is 15.4. The Kier molecular flexibility index (Phi) is 14.9. The first-order valence-corrected chi connectivity index (χ1v) is 12.7. The summed E-state index contributed by atoms with van der Waals surface area (Å²) in [5, 5.41) is 0. The van der Waals surface area contributed by atoms with Crippen LogP contribution in [-0.4, -0.2) is 38.4 Å². The van der Waals surface area contributed by atoms with Crippen molar-refractivity contribution in [2.75, 3.05) is 20.3 Å². The summed E-state index contributed by atoms with van der Waals surface area (Å²) in [7, 11) is -2.68. The van der Waals surface area contributed by atoms with Gasteiger partial charge in [0.1, 0.15) is 6.61 Å². The Balaban J connectivity index is 2.62. The van der Waals surface area contributed by atoms with Crippen LogP contribution in [0, 0.1) is 0 Å². The number of rotatable bonds is 18. The average Bonchev–Trinajstić information content (AvgIpc) is 2.80. The Bertz CT molecular complexity index is 694. The number of carbonyl (C=O) groups excluding carboxylic acids is 2. The van der Waals surface area contributed by atoms with Crippen LogP contribution in [0.5, 0.6) is 0 Å². The lowest BCUT2D eigenvalue weighted by Crippen LogP contribution is -2.29. The van der Waals surface area contributed by atoms with Gasteiger partial charge in [0.05, 0.1) is 13.2 Å². The lowest BCUT2D eigenvalue weighted by atomic mass is 10.2. The molecule has 0 aromatic heterocycles. The first-order valence-electron chi connectivity index (χ1n) is 11.3. The van der Waals surface area contributed by atoms with Gasteiger partial charge in [-0.05, 0) is 18.4 Å². The van der Waals surface area contributed by atoms with Crippen molar-refractivity contribution in [3.05, 3.63) is 35.9 Å². The third-order valence-corrected chi connectivity index (χ3v) is 5.93. The lowest BCUT2D eigenvalue weighted by molar-refractivity contribution is -0.161. The molecule has 0 aliphatic heterocycles. The monoisotopic (exact) mass is 472 g/mol. The van der Waals surface area contributed by atoms with Crippen LogP contribution in [0.1, 0.15) is 70.8 Å². The van der Waals surface area contributed by atoms with E-state index in [1.165, 1.54) is 7.11 Å². The van der Waals surface area contributed by atoms with Crippen LogP contribution in [0.3, 0.4) is 0 Å². The number of hydrogen-bond donors (Lipinski definition) is 0. The molecule has 0 heterocycles. The molecule has 1 rings (SSSR count). The Morgan fingerprint density at radius 2 is 1.50 bits per heavy atom. The van der Waals surface area contributed by atoms with Crippen LogP contribution in [0.2, 0.25) is 0 Å². The summed E-state index contributed by atoms with van der Waals surface area (Å²) in [5.74, 6) is -0.799. The van der Waals surface area contributed by atoms with Crippen molar-refractivity contribution in [3.63, 3.8) is 0 Å². The third-order valence-electron chi connectivity index (χ3n) is 4.57. The highest BCUT2D eigenvalue weighted by molar-refractivity contribution is 7.48. The van der Waals surface area contributed by atoms with E-state index in [0.717, 1.165) is 37.7 Å². The van der Waals surface area contributed by atoms with Gasteiger partial charge >= 0.3 is 19.8 Å². The molecule has 0 aliphatic carbocycles. The molecule has 0 N–H and O–H groups in total. The second kappa shape index (κ2) is 16.8. The number of carbonyl (C=O) groups is 2. The van der Waals surface area contributed by atoms with Crippen LogP contribution in [0.25, 0.3) is 0 Å². The Labute approximate surface area is 191 Å². The average molecular weight is 473 g/mol. The minimum Gasteiger partial charge on any atom is -0.462 e. The molecular formula is C23H37O8P. The Morgan fingerprint density at radius 3 is 2.09 bits per heavy atom. The molecule has 0 fully saturated rings. The zero-order chi connectivity index (χ0) is 23.7. The highest BCUT2D eigenvalue weighted by Gasteiger charge is 2.28. The molecule has 8 nitrogen and oxygen atoms in total. The fraction of sp³-hybridized carbons (Fsp3) is 0.652. The lowest BCUT2D eigenvalue weighted by Gasteiger charge is -2.21. The molecule has 32 heavy (non-hydrogen) atoms. The van der Waals surface area contributed by atoms with Gasteiger partial charge in [0.25, 0.3) is 0 Å². The van der Waals surface area contributed by atoms with Gasteiger partial charge in [0.15, 0.2) is 6.10 Å². The van der Waals surface area contributed by atoms with Gasteiger partial charge in [-0.3, -0.25) is 23.2 Å². The normalized spacial score (nSPS) is 13.8. The van der Waals surface area contributed by atoms with Gasteiger partial charge in [-0.15, -0.1) is 0 Å². The zero-order valence-electron chi connectivity index (χ0n) is 19.5. The first kappa shape index (κ1) is 28.3. The van der Waals surface area contributed by atoms with E-state index < -0.39 is 19.9 Å². The van der Waals surface area contributed by atoms with E-state index in [1.54, 1.807) is 0 Å². The maximum atomic E-state index is 12.8. The number of unbranched alkanes of at least 4 members (excludes halogenated alkanes) is 4. The molecule has 2 unspecified atom stereocenters. The molecule has 9 heteroatoms. The van der Waals surface area contributed by atoms with E-state index in [2.05, 4.69) is 0 Å². The predicted molar refractivity (Wildman–Crippen MR) is 121 cm³/mol. The van der Waals surface area contributed by atoms with Crippen LogP contribution in [0.4, 0.5) is 0 Å². The van der Waals surface area contributed by atoms with Gasteiger partial charge in [0, 0.05) is 20.0 Å². The number of benzene rings is 1. The largest absolute Gasteiger partial charge is 0.474 e. The third kappa shape index (κ3) is 13.0. The van der Waals surface area contributed by atoms with Crippen LogP contribution < -0.4 is 0 Å². The van der Waals surface area contributed by atoms with Gasteiger partial charge in [-0.2, -0.15) is 0 Å². The second-order valence-corrected chi connectivity index (χ2v) is 9.17. The maximum Gasteiger partial charge on any atom is 0.474 e. The highest BCUT2D eigenvalue weighted by Crippen LogP contribution is 2.49. The molecule has 2 atom stereocenters. The van der Waals surface area contributed by atoms with Crippen molar-refractivity contribution >= 4 is 19.8 Å². The van der Waals surface area contributed by atoms with Gasteiger partial charge in [-0.1, -0.05) is 69.9 Å². The van der Waals surface area contributed by atoms with Gasteiger partial charge in [0.2, 0.25) is 0 Å². The fourth-order valence-corrected chi connectivity index (χ4v) is 3.64. The quantitative estimate of drug-likeness (QED) is 0.155. The summed E-state index contributed by atoms with van der Waals surface area (Å²) in [6.07, 6.45) is 4.89. The van der Waals surface area contributed by atoms with Crippen molar-refractivity contribution in [2.24, 2.45) is 0 Å². The molecule has 0 aliphatic rings. The van der Waals surface area contributed by atoms with Gasteiger partial charge in [-0.25, -0.2) is 4.57 Å². The van der Waals surface area contributed by atoms with Crippen molar-refractivity contribution in [1.29, 1.82) is 0 Å².